The summed E-state index contributed by atoms with van der Waals surface area (Å²) in [6, 6.07) is 14.4. The summed E-state index contributed by atoms with van der Waals surface area (Å²) in [6.45, 7) is 0. The van der Waals surface area contributed by atoms with Crippen molar-refractivity contribution in [3.05, 3.63) is 94.9 Å². The highest BCUT2D eigenvalue weighted by atomic mass is 32.1. The third-order valence-electron chi connectivity index (χ3n) is 5.45. The van der Waals surface area contributed by atoms with Crippen molar-refractivity contribution in [2.45, 2.75) is 38.3 Å². The van der Waals surface area contributed by atoms with Gasteiger partial charge in [-0.2, -0.15) is 13.2 Å². The van der Waals surface area contributed by atoms with Crippen LogP contribution >= 0.6 is 11.3 Å². The molecule has 2 aromatic carbocycles. The molecule has 3 nitrogen and oxygen atoms in total. The molecule has 34 heavy (non-hydrogen) atoms. The Balaban J connectivity index is 1.37. The molecule has 0 aliphatic rings. The summed E-state index contributed by atoms with van der Waals surface area (Å²) in [4.78, 5) is 8.52. The first kappa shape index (κ1) is 23.9. The summed E-state index contributed by atoms with van der Waals surface area (Å²) >= 11 is 1.32. The SMILES string of the molecule is Fc1ccc(CCCCCc2ccc(Nc3nc(-c4cccnc4)cs3)cc2C(F)(F)F)cc1. The van der Waals surface area contributed by atoms with Gasteiger partial charge in [-0.1, -0.05) is 24.6 Å². The van der Waals surface area contributed by atoms with Crippen molar-refractivity contribution in [1.29, 1.82) is 0 Å². The number of halogens is 4. The number of aromatic nitrogens is 2. The van der Waals surface area contributed by atoms with Crippen LogP contribution in [-0.4, -0.2) is 9.97 Å². The van der Waals surface area contributed by atoms with Crippen LogP contribution in [0.25, 0.3) is 11.3 Å². The van der Waals surface area contributed by atoms with Crippen molar-refractivity contribution >= 4 is 22.2 Å². The monoisotopic (exact) mass is 485 g/mol. The Labute approximate surface area is 199 Å². The number of anilines is 2. The molecule has 4 rings (SSSR count). The molecular formula is C26H23F4N3S. The van der Waals surface area contributed by atoms with E-state index in [4.69, 9.17) is 0 Å². The number of alkyl halides is 3. The molecule has 0 aliphatic carbocycles. The Morgan fingerprint density at radius 2 is 1.71 bits per heavy atom. The van der Waals surface area contributed by atoms with E-state index < -0.39 is 11.7 Å². The van der Waals surface area contributed by atoms with Gasteiger partial charge in [-0.25, -0.2) is 9.37 Å². The van der Waals surface area contributed by atoms with Crippen molar-refractivity contribution in [2.75, 3.05) is 5.32 Å². The number of unbranched alkanes of at least 4 members (excludes halogenated alkanes) is 2. The highest BCUT2D eigenvalue weighted by Gasteiger charge is 2.33. The minimum Gasteiger partial charge on any atom is -0.332 e. The van der Waals surface area contributed by atoms with Crippen LogP contribution in [0.1, 0.15) is 36.0 Å². The Morgan fingerprint density at radius 3 is 2.44 bits per heavy atom. The smallest absolute Gasteiger partial charge is 0.332 e. The van der Waals surface area contributed by atoms with Crippen LogP contribution in [0.3, 0.4) is 0 Å². The minimum absolute atomic E-state index is 0.273. The van der Waals surface area contributed by atoms with Crippen molar-refractivity contribution < 1.29 is 17.6 Å². The molecule has 2 heterocycles. The van der Waals surface area contributed by atoms with Crippen molar-refractivity contribution in [1.82, 2.24) is 9.97 Å². The molecule has 0 amide bonds. The molecule has 0 fully saturated rings. The Kier molecular flexibility index (Phi) is 7.57. The molecule has 0 atom stereocenters. The maximum atomic E-state index is 13.7. The molecule has 4 aromatic rings. The minimum atomic E-state index is -4.44. The summed E-state index contributed by atoms with van der Waals surface area (Å²) in [6.07, 6.45) is 2.34. The molecule has 1 N–H and O–H groups in total. The molecule has 0 spiro atoms. The highest BCUT2D eigenvalue weighted by molar-refractivity contribution is 7.14. The van der Waals surface area contributed by atoms with Gasteiger partial charge in [0.2, 0.25) is 0 Å². The molecule has 0 saturated heterocycles. The lowest BCUT2D eigenvalue weighted by atomic mass is 9.99. The molecule has 176 valence electrons. The Morgan fingerprint density at radius 1 is 0.912 bits per heavy atom. The summed E-state index contributed by atoms with van der Waals surface area (Å²) in [5.74, 6) is -0.273. The molecule has 2 aromatic heterocycles. The predicted molar refractivity (Wildman–Crippen MR) is 128 cm³/mol. The Bertz CT molecular complexity index is 1200. The molecule has 0 aliphatic heterocycles. The number of aryl methyl sites for hydroxylation is 2. The van der Waals surface area contributed by atoms with Crippen LogP contribution in [0, 0.1) is 5.82 Å². The van der Waals surface area contributed by atoms with Crippen LogP contribution < -0.4 is 5.32 Å². The van der Waals surface area contributed by atoms with Gasteiger partial charge in [0.1, 0.15) is 5.82 Å². The number of nitrogens with zero attached hydrogens (tertiary/aromatic N) is 2. The number of hydrogen-bond acceptors (Lipinski definition) is 4. The second-order valence-electron chi connectivity index (χ2n) is 7.96. The van der Waals surface area contributed by atoms with Crippen LogP contribution in [0.15, 0.2) is 72.4 Å². The van der Waals surface area contributed by atoms with Crippen LogP contribution in [0.4, 0.5) is 28.4 Å². The fraction of sp³-hybridized carbons (Fsp3) is 0.231. The summed E-state index contributed by atoms with van der Waals surface area (Å²) in [5, 5.41) is 5.34. The maximum absolute atomic E-state index is 13.7. The third kappa shape index (κ3) is 6.41. The zero-order valence-electron chi connectivity index (χ0n) is 18.3. The summed E-state index contributed by atoms with van der Waals surface area (Å²) < 4.78 is 54.2. The number of thiazole rings is 1. The van der Waals surface area contributed by atoms with E-state index in [-0.39, 0.29) is 11.4 Å². The van der Waals surface area contributed by atoms with Crippen molar-refractivity contribution in [2.24, 2.45) is 0 Å². The first-order valence-electron chi connectivity index (χ1n) is 11.0. The van der Waals surface area contributed by atoms with Crippen LogP contribution in [0.5, 0.6) is 0 Å². The molecule has 0 bridgehead atoms. The largest absolute Gasteiger partial charge is 0.416 e. The van der Waals surface area contributed by atoms with Gasteiger partial charge in [-0.3, -0.25) is 4.98 Å². The fourth-order valence-electron chi connectivity index (χ4n) is 3.71. The second-order valence-corrected chi connectivity index (χ2v) is 8.82. The fourth-order valence-corrected chi connectivity index (χ4v) is 4.45. The standard InChI is InChI=1S/C26H23F4N3S/c27-21-11-8-18(9-12-21)5-2-1-3-6-19-10-13-22(15-23(19)26(28,29)30)32-25-33-24(17-34-25)20-7-4-14-31-16-20/h4,7-17H,1-3,5-6H2,(H,32,33). The first-order valence-corrected chi connectivity index (χ1v) is 11.8. The zero-order valence-corrected chi connectivity index (χ0v) is 19.1. The number of hydrogen-bond donors (Lipinski definition) is 1. The van der Waals surface area contributed by atoms with Gasteiger partial charge < -0.3 is 5.32 Å². The summed E-state index contributed by atoms with van der Waals surface area (Å²) in [7, 11) is 0. The number of benzene rings is 2. The summed E-state index contributed by atoms with van der Waals surface area (Å²) in [5.41, 5.74) is 2.60. The van der Waals surface area contributed by atoms with Gasteiger partial charge >= 0.3 is 6.18 Å². The van der Waals surface area contributed by atoms with Gasteiger partial charge in [0.05, 0.1) is 11.3 Å². The van der Waals surface area contributed by atoms with E-state index in [9.17, 15) is 17.6 Å². The first-order chi connectivity index (χ1) is 16.4. The van der Waals surface area contributed by atoms with E-state index in [2.05, 4.69) is 15.3 Å². The van der Waals surface area contributed by atoms with Crippen LogP contribution in [0.2, 0.25) is 0 Å². The molecule has 0 radical (unpaired) electrons. The molecular weight excluding hydrogens is 462 g/mol. The van der Waals surface area contributed by atoms with E-state index in [1.807, 2.05) is 11.4 Å². The number of rotatable bonds is 9. The lowest BCUT2D eigenvalue weighted by Gasteiger charge is -2.15. The van der Waals surface area contributed by atoms with Gasteiger partial charge in [0, 0.05) is 29.0 Å². The average molecular weight is 486 g/mol. The Hall–Kier alpha value is -3.26. The van der Waals surface area contributed by atoms with E-state index in [0.717, 1.165) is 36.5 Å². The van der Waals surface area contributed by atoms with Gasteiger partial charge in [-0.05, 0) is 73.2 Å². The van der Waals surface area contributed by atoms with Gasteiger partial charge in [0.15, 0.2) is 5.13 Å². The van der Waals surface area contributed by atoms with Gasteiger partial charge in [-0.15, -0.1) is 11.3 Å². The second kappa shape index (κ2) is 10.8. The quantitative estimate of drug-likeness (QED) is 0.192. The lowest BCUT2D eigenvalue weighted by molar-refractivity contribution is -0.138. The third-order valence-corrected chi connectivity index (χ3v) is 6.21. The molecule has 0 saturated carbocycles. The molecule has 0 unspecified atom stereocenters. The highest BCUT2D eigenvalue weighted by Crippen LogP contribution is 2.36. The zero-order chi connectivity index (χ0) is 24.0. The normalized spacial score (nSPS) is 11.5. The van der Waals surface area contributed by atoms with Crippen molar-refractivity contribution in [3.63, 3.8) is 0 Å². The van der Waals surface area contributed by atoms with E-state index in [1.165, 1.54) is 23.5 Å². The lowest BCUT2D eigenvalue weighted by Crippen LogP contribution is -2.10. The van der Waals surface area contributed by atoms with E-state index >= 15 is 0 Å². The number of pyridine rings is 1. The van der Waals surface area contributed by atoms with Gasteiger partial charge in [0.25, 0.3) is 0 Å². The van der Waals surface area contributed by atoms with Crippen LogP contribution in [-0.2, 0) is 19.0 Å². The average Bonchev–Trinajstić information content (AvgIpc) is 3.29. The maximum Gasteiger partial charge on any atom is 0.416 e. The van der Waals surface area contributed by atoms with E-state index in [1.54, 1.807) is 42.7 Å². The predicted octanol–water partition coefficient (Wildman–Crippen LogP) is 8.06. The number of nitrogens with one attached hydrogen (secondary N) is 1. The van der Waals surface area contributed by atoms with Crippen molar-refractivity contribution in [3.8, 4) is 11.3 Å². The van der Waals surface area contributed by atoms with E-state index in [0.29, 0.717) is 29.4 Å². The topological polar surface area (TPSA) is 37.8 Å². The molecule has 8 heteroatoms.